The molecule has 0 aliphatic rings. The number of methoxy groups -OCH3 is 2. The van der Waals surface area contributed by atoms with E-state index in [0.717, 1.165) is 25.7 Å². The van der Waals surface area contributed by atoms with Crippen LogP contribution in [0.2, 0.25) is 0 Å². The van der Waals surface area contributed by atoms with Gasteiger partial charge in [0, 0.05) is 17.7 Å². The lowest BCUT2D eigenvalue weighted by Crippen LogP contribution is -2.22. The number of ether oxygens (including phenoxy) is 2. The van der Waals surface area contributed by atoms with Crippen LogP contribution >= 0.6 is 0 Å². The van der Waals surface area contributed by atoms with E-state index in [-0.39, 0.29) is 11.8 Å². The molecule has 0 radical (unpaired) electrons. The predicted octanol–water partition coefficient (Wildman–Crippen LogP) is 3.64. The third kappa shape index (κ3) is 4.76. The molecule has 0 saturated carbocycles. The molecule has 0 bridgehead atoms. The van der Waals surface area contributed by atoms with E-state index in [0.29, 0.717) is 17.0 Å². The van der Waals surface area contributed by atoms with E-state index in [9.17, 15) is 9.59 Å². The van der Waals surface area contributed by atoms with Crippen molar-refractivity contribution in [2.75, 3.05) is 19.5 Å². The molecule has 0 saturated heterocycles. The number of nitrogens with one attached hydrogen (secondary N) is 1. The molecule has 5 heteroatoms. The van der Waals surface area contributed by atoms with Gasteiger partial charge in [0.2, 0.25) is 5.91 Å². The zero-order valence-corrected chi connectivity index (χ0v) is 13.8. The second-order valence-corrected chi connectivity index (χ2v) is 5.17. The van der Waals surface area contributed by atoms with Crippen LogP contribution in [0.4, 0.5) is 5.69 Å². The zero-order chi connectivity index (χ0) is 16.5. The van der Waals surface area contributed by atoms with Gasteiger partial charge < -0.3 is 14.8 Å². The Morgan fingerprint density at radius 2 is 1.77 bits per heavy atom. The molecule has 0 spiro atoms. The van der Waals surface area contributed by atoms with Gasteiger partial charge >= 0.3 is 5.97 Å². The highest BCUT2D eigenvalue weighted by Crippen LogP contribution is 2.25. The molecule has 0 aliphatic carbocycles. The van der Waals surface area contributed by atoms with Crippen LogP contribution in [0, 0.1) is 5.92 Å². The SMILES string of the molecule is CCCC(CCC)C(=O)Nc1ccc(C(=O)OC)c(OC)c1. The second kappa shape index (κ2) is 9.07. The molecule has 1 N–H and O–H groups in total. The number of rotatable bonds is 8. The fraction of sp³-hybridized carbons (Fsp3) is 0.529. The lowest BCUT2D eigenvalue weighted by molar-refractivity contribution is -0.120. The summed E-state index contributed by atoms with van der Waals surface area (Å²) in [6.07, 6.45) is 3.69. The van der Waals surface area contributed by atoms with Crippen LogP contribution in [0.5, 0.6) is 5.75 Å². The minimum absolute atomic E-state index is 0.0107. The van der Waals surface area contributed by atoms with Crippen LogP contribution in [0.1, 0.15) is 49.9 Å². The summed E-state index contributed by atoms with van der Waals surface area (Å²) in [7, 11) is 2.79. The van der Waals surface area contributed by atoms with Crippen LogP contribution in [0.3, 0.4) is 0 Å². The number of amides is 1. The molecule has 0 unspecified atom stereocenters. The van der Waals surface area contributed by atoms with Crippen LogP contribution in [0.15, 0.2) is 18.2 Å². The first-order valence-corrected chi connectivity index (χ1v) is 7.64. The number of benzene rings is 1. The van der Waals surface area contributed by atoms with E-state index >= 15 is 0 Å². The number of carbonyl (C=O) groups excluding carboxylic acids is 2. The highest BCUT2D eigenvalue weighted by atomic mass is 16.5. The van der Waals surface area contributed by atoms with Crippen molar-refractivity contribution in [1.29, 1.82) is 0 Å². The van der Waals surface area contributed by atoms with Crippen LogP contribution < -0.4 is 10.1 Å². The molecule has 1 aromatic carbocycles. The van der Waals surface area contributed by atoms with Crippen LogP contribution in [-0.2, 0) is 9.53 Å². The Hall–Kier alpha value is -2.04. The molecular formula is C17H25NO4. The van der Waals surface area contributed by atoms with Crippen molar-refractivity contribution >= 4 is 17.6 Å². The van der Waals surface area contributed by atoms with Crippen LogP contribution in [0.25, 0.3) is 0 Å². The number of hydrogen-bond donors (Lipinski definition) is 1. The second-order valence-electron chi connectivity index (χ2n) is 5.17. The summed E-state index contributed by atoms with van der Waals surface area (Å²) >= 11 is 0. The van der Waals surface area contributed by atoms with E-state index in [1.807, 2.05) is 0 Å². The van der Waals surface area contributed by atoms with Gasteiger partial charge in [-0.2, -0.15) is 0 Å². The summed E-state index contributed by atoms with van der Waals surface area (Å²) in [6.45, 7) is 4.15. The lowest BCUT2D eigenvalue weighted by atomic mass is 9.97. The average molecular weight is 307 g/mol. The van der Waals surface area contributed by atoms with Crippen molar-refractivity contribution in [3.05, 3.63) is 23.8 Å². The molecule has 122 valence electrons. The van der Waals surface area contributed by atoms with Gasteiger partial charge in [-0.05, 0) is 25.0 Å². The van der Waals surface area contributed by atoms with Gasteiger partial charge in [0.25, 0.3) is 0 Å². The van der Waals surface area contributed by atoms with Gasteiger partial charge in [-0.1, -0.05) is 26.7 Å². The Kier molecular flexibility index (Phi) is 7.43. The summed E-state index contributed by atoms with van der Waals surface area (Å²) in [5, 5.41) is 2.90. The first-order valence-electron chi connectivity index (χ1n) is 7.64. The number of anilines is 1. The fourth-order valence-electron chi connectivity index (χ4n) is 2.40. The smallest absolute Gasteiger partial charge is 0.341 e. The first-order chi connectivity index (χ1) is 10.6. The van der Waals surface area contributed by atoms with Gasteiger partial charge in [-0.25, -0.2) is 4.79 Å². The van der Waals surface area contributed by atoms with Crippen LogP contribution in [-0.4, -0.2) is 26.1 Å². The largest absolute Gasteiger partial charge is 0.496 e. The maximum atomic E-state index is 12.3. The van der Waals surface area contributed by atoms with E-state index in [4.69, 9.17) is 9.47 Å². The molecule has 0 aromatic heterocycles. The van der Waals surface area contributed by atoms with Crippen molar-refractivity contribution in [2.45, 2.75) is 39.5 Å². The van der Waals surface area contributed by atoms with Crippen molar-refractivity contribution < 1.29 is 19.1 Å². The van der Waals surface area contributed by atoms with E-state index < -0.39 is 5.97 Å². The average Bonchev–Trinajstić information content (AvgIpc) is 2.53. The Morgan fingerprint density at radius 1 is 1.14 bits per heavy atom. The molecule has 0 atom stereocenters. The number of hydrogen-bond acceptors (Lipinski definition) is 4. The predicted molar refractivity (Wildman–Crippen MR) is 86.3 cm³/mol. The number of esters is 1. The normalized spacial score (nSPS) is 10.4. The zero-order valence-electron chi connectivity index (χ0n) is 13.8. The standard InChI is InChI=1S/C17H25NO4/c1-5-7-12(8-6-2)16(19)18-13-9-10-14(17(20)22-4)15(11-13)21-3/h9-12H,5-8H2,1-4H3,(H,18,19). The Balaban J connectivity index is 2.89. The van der Waals surface area contributed by atoms with Crippen molar-refractivity contribution in [3.63, 3.8) is 0 Å². The summed E-state index contributed by atoms with van der Waals surface area (Å²) < 4.78 is 9.89. The molecule has 0 aliphatic heterocycles. The summed E-state index contributed by atoms with van der Waals surface area (Å²) in [4.78, 5) is 23.9. The summed E-state index contributed by atoms with van der Waals surface area (Å²) in [6, 6.07) is 4.91. The lowest BCUT2D eigenvalue weighted by Gasteiger charge is -2.16. The minimum Gasteiger partial charge on any atom is -0.496 e. The Labute approximate surface area is 132 Å². The fourth-order valence-corrected chi connectivity index (χ4v) is 2.40. The first kappa shape index (κ1) is 18.0. The van der Waals surface area contributed by atoms with Gasteiger partial charge in [-0.15, -0.1) is 0 Å². The monoisotopic (exact) mass is 307 g/mol. The third-order valence-corrected chi connectivity index (χ3v) is 3.52. The summed E-state index contributed by atoms with van der Waals surface area (Å²) in [5.74, 6) is -0.0606. The van der Waals surface area contributed by atoms with Gasteiger partial charge in [0.1, 0.15) is 11.3 Å². The van der Waals surface area contributed by atoms with Crippen molar-refractivity contribution in [1.82, 2.24) is 0 Å². The topological polar surface area (TPSA) is 64.6 Å². The molecule has 0 heterocycles. The van der Waals surface area contributed by atoms with Gasteiger partial charge in [0.05, 0.1) is 14.2 Å². The summed E-state index contributed by atoms with van der Waals surface area (Å²) in [5.41, 5.74) is 0.952. The quantitative estimate of drug-likeness (QED) is 0.745. The van der Waals surface area contributed by atoms with Crippen molar-refractivity contribution in [2.24, 2.45) is 5.92 Å². The molecule has 22 heavy (non-hydrogen) atoms. The van der Waals surface area contributed by atoms with E-state index in [1.165, 1.54) is 14.2 Å². The molecule has 1 aromatic rings. The molecule has 5 nitrogen and oxygen atoms in total. The van der Waals surface area contributed by atoms with Crippen molar-refractivity contribution in [3.8, 4) is 5.75 Å². The van der Waals surface area contributed by atoms with Gasteiger partial charge in [-0.3, -0.25) is 4.79 Å². The highest BCUT2D eigenvalue weighted by molar-refractivity contribution is 5.96. The van der Waals surface area contributed by atoms with Gasteiger partial charge in [0.15, 0.2) is 0 Å². The molecule has 1 amide bonds. The molecule has 1 rings (SSSR count). The minimum atomic E-state index is -0.468. The highest BCUT2D eigenvalue weighted by Gasteiger charge is 2.18. The van der Waals surface area contributed by atoms with E-state index in [2.05, 4.69) is 19.2 Å². The Morgan fingerprint density at radius 3 is 2.27 bits per heavy atom. The Bertz CT molecular complexity index is 507. The maximum absolute atomic E-state index is 12.3. The van der Waals surface area contributed by atoms with E-state index in [1.54, 1.807) is 18.2 Å². The number of carbonyl (C=O) groups is 2. The third-order valence-electron chi connectivity index (χ3n) is 3.52. The molecule has 0 fully saturated rings. The molecular weight excluding hydrogens is 282 g/mol. The maximum Gasteiger partial charge on any atom is 0.341 e.